The summed E-state index contributed by atoms with van der Waals surface area (Å²) in [4.78, 5) is 16.3. The number of amides is 1. The van der Waals surface area contributed by atoms with Crippen molar-refractivity contribution in [3.05, 3.63) is 34.6 Å². The molecular weight excluding hydrogens is 308 g/mol. The van der Waals surface area contributed by atoms with Crippen LogP contribution in [0.4, 0.5) is 5.69 Å². The van der Waals surface area contributed by atoms with Gasteiger partial charge in [0.15, 0.2) is 0 Å². The predicted molar refractivity (Wildman–Crippen MR) is 86.0 cm³/mol. The van der Waals surface area contributed by atoms with E-state index >= 15 is 0 Å². The van der Waals surface area contributed by atoms with Crippen LogP contribution in [0.1, 0.15) is 31.2 Å². The number of hydrogen-bond acceptors (Lipinski definition) is 4. The molecule has 0 unspecified atom stereocenters. The second-order valence-corrected chi connectivity index (χ2v) is 6.26. The number of nitrogens with one attached hydrogen (secondary N) is 2. The van der Waals surface area contributed by atoms with Crippen molar-refractivity contribution in [2.24, 2.45) is 0 Å². The van der Waals surface area contributed by atoms with E-state index in [2.05, 4.69) is 20.5 Å². The lowest BCUT2D eigenvalue weighted by Crippen LogP contribution is -2.15. The third kappa shape index (κ3) is 4.22. The minimum absolute atomic E-state index is 0.110. The van der Waals surface area contributed by atoms with Crippen molar-refractivity contribution in [3.63, 3.8) is 0 Å². The second-order valence-electron chi connectivity index (χ2n) is 4.91. The number of nitrogens with zero attached hydrogens (tertiary/aromatic N) is 2. The zero-order chi connectivity index (χ0) is 15.4. The predicted octanol–water partition coefficient (Wildman–Crippen LogP) is 3.62. The fourth-order valence-electron chi connectivity index (χ4n) is 1.64. The van der Waals surface area contributed by atoms with Gasteiger partial charge < -0.3 is 5.32 Å². The van der Waals surface area contributed by atoms with Crippen LogP contribution in [0.25, 0.3) is 0 Å². The molecule has 0 atom stereocenters. The highest BCUT2D eigenvalue weighted by Gasteiger charge is 2.11. The highest BCUT2D eigenvalue weighted by molar-refractivity contribution is 7.99. The first-order valence-corrected chi connectivity index (χ1v) is 7.93. The van der Waals surface area contributed by atoms with Crippen molar-refractivity contribution in [3.8, 4) is 0 Å². The molecular formula is C14H17ClN4OS. The number of carbonyl (C=O) groups is 1. The summed E-state index contributed by atoms with van der Waals surface area (Å²) in [5.74, 6) is 1.25. The molecule has 21 heavy (non-hydrogen) atoms. The topological polar surface area (TPSA) is 70.7 Å². The lowest BCUT2D eigenvalue weighted by molar-refractivity contribution is -0.113. The lowest BCUT2D eigenvalue weighted by atomic mass is 10.2. The molecule has 0 aliphatic rings. The average molecular weight is 325 g/mol. The van der Waals surface area contributed by atoms with E-state index in [9.17, 15) is 4.79 Å². The number of benzene rings is 1. The molecule has 112 valence electrons. The normalized spacial score (nSPS) is 10.9. The van der Waals surface area contributed by atoms with E-state index in [-0.39, 0.29) is 17.6 Å². The highest BCUT2D eigenvalue weighted by atomic mass is 35.5. The summed E-state index contributed by atoms with van der Waals surface area (Å²) < 4.78 is 0. The Morgan fingerprint density at radius 2 is 2.24 bits per heavy atom. The molecule has 2 N–H and O–H groups in total. The maximum absolute atomic E-state index is 11.9. The Labute approximate surface area is 132 Å². The van der Waals surface area contributed by atoms with Gasteiger partial charge in [0.05, 0.1) is 5.75 Å². The molecule has 2 rings (SSSR count). The monoisotopic (exact) mass is 324 g/mol. The fraction of sp³-hybridized carbons (Fsp3) is 0.357. The number of thioether (sulfide) groups is 1. The molecule has 0 aliphatic carbocycles. The van der Waals surface area contributed by atoms with Crippen molar-refractivity contribution in [1.29, 1.82) is 0 Å². The van der Waals surface area contributed by atoms with Crippen molar-refractivity contribution in [1.82, 2.24) is 15.2 Å². The molecule has 7 heteroatoms. The fourth-order valence-corrected chi connectivity index (χ4v) is 2.42. The first-order valence-electron chi connectivity index (χ1n) is 6.57. The van der Waals surface area contributed by atoms with Crippen molar-refractivity contribution >= 4 is 35.0 Å². The third-order valence-electron chi connectivity index (χ3n) is 2.90. The number of carbonyl (C=O) groups excluding carboxylic acids is 1. The largest absolute Gasteiger partial charge is 0.325 e. The zero-order valence-corrected chi connectivity index (χ0v) is 13.7. The molecule has 0 aliphatic heterocycles. The summed E-state index contributed by atoms with van der Waals surface area (Å²) in [6.45, 7) is 5.93. The van der Waals surface area contributed by atoms with E-state index in [4.69, 9.17) is 11.6 Å². The molecule has 1 aromatic heterocycles. The van der Waals surface area contributed by atoms with Gasteiger partial charge in [0.25, 0.3) is 0 Å². The van der Waals surface area contributed by atoms with Crippen LogP contribution in [0, 0.1) is 6.92 Å². The van der Waals surface area contributed by atoms with E-state index in [1.807, 2.05) is 32.9 Å². The van der Waals surface area contributed by atoms with E-state index in [0.717, 1.165) is 17.1 Å². The molecule has 0 fully saturated rings. The zero-order valence-electron chi connectivity index (χ0n) is 12.1. The van der Waals surface area contributed by atoms with Gasteiger partial charge in [-0.2, -0.15) is 0 Å². The van der Waals surface area contributed by atoms with Gasteiger partial charge in [0.1, 0.15) is 5.82 Å². The first kappa shape index (κ1) is 15.9. The molecule has 2 aromatic rings. The van der Waals surface area contributed by atoms with E-state index in [1.165, 1.54) is 11.8 Å². The summed E-state index contributed by atoms with van der Waals surface area (Å²) >= 11 is 7.32. The number of anilines is 1. The number of rotatable bonds is 5. The minimum atomic E-state index is -0.110. The molecule has 0 saturated heterocycles. The van der Waals surface area contributed by atoms with Gasteiger partial charge in [-0.3, -0.25) is 9.89 Å². The molecule has 0 radical (unpaired) electrons. The average Bonchev–Trinajstić information content (AvgIpc) is 2.91. The Morgan fingerprint density at radius 1 is 1.48 bits per heavy atom. The van der Waals surface area contributed by atoms with Gasteiger partial charge >= 0.3 is 0 Å². The number of H-pyrrole nitrogens is 1. The minimum Gasteiger partial charge on any atom is -0.325 e. The number of hydrogen-bond donors (Lipinski definition) is 2. The van der Waals surface area contributed by atoms with E-state index in [1.54, 1.807) is 6.07 Å². The summed E-state index contributed by atoms with van der Waals surface area (Å²) in [5.41, 5.74) is 1.59. The van der Waals surface area contributed by atoms with Crippen molar-refractivity contribution in [2.45, 2.75) is 31.8 Å². The van der Waals surface area contributed by atoms with Gasteiger partial charge in [0.2, 0.25) is 11.1 Å². The molecule has 0 bridgehead atoms. The van der Waals surface area contributed by atoms with Crippen molar-refractivity contribution < 1.29 is 4.79 Å². The van der Waals surface area contributed by atoms with Gasteiger partial charge in [-0.05, 0) is 24.6 Å². The molecule has 0 saturated carbocycles. The Hall–Kier alpha value is -1.53. The van der Waals surface area contributed by atoms with Crippen LogP contribution >= 0.6 is 23.4 Å². The van der Waals surface area contributed by atoms with Gasteiger partial charge in [0, 0.05) is 16.6 Å². The number of halogens is 1. The van der Waals surface area contributed by atoms with E-state index in [0.29, 0.717) is 10.2 Å². The second kappa shape index (κ2) is 6.95. The molecule has 1 amide bonds. The van der Waals surface area contributed by atoms with Gasteiger partial charge in [-0.25, -0.2) is 4.98 Å². The summed E-state index contributed by atoms with van der Waals surface area (Å²) in [5, 5.41) is 11.0. The summed E-state index contributed by atoms with van der Waals surface area (Å²) in [6.07, 6.45) is 0. The smallest absolute Gasteiger partial charge is 0.234 e. The first-order chi connectivity index (χ1) is 9.97. The summed E-state index contributed by atoms with van der Waals surface area (Å²) in [7, 11) is 0. The molecule has 1 aromatic carbocycles. The lowest BCUT2D eigenvalue weighted by Gasteiger charge is -2.08. The number of aromatic amines is 1. The molecule has 1 heterocycles. The van der Waals surface area contributed by atoms with Gasteiger partial charge in [-0.15, -0.1) is 5.10 Å². The van der Waals surface area contributed by atoms with Crippen LogP contribution < -0.4 is 5.32 Å². The standard InChI is InChI=1S/C14H17ClN4OS/c1-8(2)13-17-14(19-18-13)21-7-12(20)16-11-6-4-5-10(15)9(11)3/h4-6,8H,7H2,1-3H3,(H,16,20)(H,17,18,19). The van der Waals surface area contributed by atoms with Crippen molar-refractivity contribution in [2.75, 3.05) is 11.1 Å². The van der Waals surface area contributed by atoms with E-state index < -0.39 is 0 Å². The van der Waals surface area contributed by atoms with Crippen LogP contribution in [-0.2, 0) is 4.79 Å². The Balaban J connectivity index is 1.91. The Kier molecular flexibility index (Phi) is 5.25. The maximum Gasteiger partial charge on any atom is 0.234 e. The van der Waals surface area contributed by atoms with Crippen LogP contribution in [0.3, 0.4) is 0 Å². The summed E-state index contributed by atoms with van der Waals surface area (Å²) in [6, 6.07) is 5.43. The van der Waals surface area contributed by atoms with Crippen LogP contribution in [0.2, 0.25) is 5.02 Å². The molecule has 0 spiro atoms. The van der Waals surface area contributed by atoms with Crippen LogP contribution in [0.15, 0.2) is 23.4 Å². The van der Waals surface area contributed by atoms with Crippen LogP contribution in [-0.4, -0.2) is 26.8 Å². The maximum atomic E-state index is 11.9. The highest BCUT2D eigenvalue weighted by Crippen LogP contribution is 2.23. The molecule has 5 nitrogen and oxygen atoms in total. The van der Waals surface area contributed by atoms with Crippen LogP contribution in [0.5, 0.6) is 0 Å². The van der Waals surface area contributed by atoms with Gasteiger partial charge in [-0.1, -0.05) is 43.3 Å². The quantitative estimate of drug-likeness (QED) is 0.824. The number of aromatic nitrogens is 3. The SMILES string of the molecule is Cc1c(Cl)cccc1NC(=O)CSc1n[nH]c(C(C)C)n1. The Morgan fingerprint density at radius 3 is 2.90 bits per heavy atom. The Bertz CT molecular complexity index is 642. The third-order valence-corrected chi connectivity index (χ3v) is 4.16.